The number of nitrogens with one attached hydrogen (secondary N) is 1. The molecule has 19 heavy (non-hydrogen) atoms. The summed E-state index contributed by atoms with van der Waals surface area (Å²) in [6.07, 6.45) is 0. The number of anilines is 1. The summed E-state index contributed by atoms with van der Waals surface area (Å²) in [7, 11) is 0. The predicted molar refractivity (Wildman–Crippen MR) is 83.9 cm³/mol. The topological polar surface area (TPSA) is 12.0 Å². The van der Waals surface area contributed by atoms with Crippen LogP contribution in [-0.2, 0) is 5.41 Å². The smallest absolute Gasteiger partial charge is 0.0343 e. The predicted octanol–water partition coefficient (Wildman–Crippen LogP) is 4.69. The van der Waals surface area contributed by atoms with Crippen LogP contribution in [0.4, 0.5) is 5.69 Å². The quantitative estimate of drug-likeness (QED) is 0.833. The van der Waals surface area contributed by atoms with Gasteiger partial charge >= 0.3 is 0 Å². The van der Waals surface area contributed by atoms with E-state index in [9.17, 15) is 0 Å². The van der Waals surface area contributed by atoms with Crippen LogP contribution in [0.15, 0.2) is 48.5 Å². The van der Waals surface area contributed by atoms with Gasteiger partial charge in [0.05, 0.1) is 0 Å². The molecule has 2 aromatic carbocycles. The van der Waals surface area contributed by atoms with E-state index < -0.39 is 0 Å². The maximum atomic E-state index is 3.55. The fraction of sp³-hybridized carbons (Fsp3) is 0.333. The molecule has 0 spiro atoms. The molecule has 0 amide bonds. The average Bonchev–Trinajstić information content (AvgIpc) is 2.41. The molecule has 1 heteroatoms. The summed E-state index contributed by atoms with van der Waals surface area (Å²) in [5, 5.41) is 3.55. The Morgan fingerprint density at radius 3 is 2.21 bits per heavy atom. The molecule has 1 nitrogen and oxygen atoms in total. The number of benzene rings is 2. The van der Waals surface area contributed by atoms with Crippen LogP contribution in [-0.4, -0.2) is 6.54 Å². The molecule has 0 fully saturated rings. The molecule has 100 valence electrons. The Bertz CT molecular complexity index is 541. The maximum absolute atomic E-state index is 3.55. The minimum Gasteiger partial charge on any atom is -0.384 e. The van der Waals surface area contributed by atoms with Crippen LogP contribution in [0.5, 0.6) is 0 Å². The third-order valence-electron chi connectivity index (χ3n) is 3.80. The van der Waals surface area contributed by atoms with E-state index in [2.05, 4.69) is 81.5 Å². The van der Waals surface area contributed by atoms with E-state index in [1.165, 1.54) is 22.4 Å². The van der Waals surface area contributed by atoms with E-state index in [0.29, 0.717) is 0 Å². The van der Waals surface area contributed by atoms with Crippen LogP contribution in [0.1, 0.15) is 30.5 Å². The van der Waals surface area contributed by atoms with Gasteiger partial charge in [-0.25, -0.2) is 0 Å². The van der Waals surface area contributed by atoms with Gasteiger partial charge in [0, 0.05) is 17.6 Å². The van der Waals surface area contributed by atoms with Crippen LogP contribution >= 0.6 is 0 Å². The van der Waals surface area contributed by atoms with Crippen molar-refractivity contribution in [1.29, 1.82) is 0 Å². The lowest BCUT2D eigenvalue weighted by Crippen LogP contribution is -2.27. The van der Waals surface area contributed by atoms with Crippen molar-refractivity contribution in [3.8, 4) is 0 Å². The van der Waals surface area contributed by atoms with Crippen LogP contribution in [0.2, 0.25) is 0 Å². The molecular weight excluding hydrogens is 230 g/mol. The maximum Gasteiger partial charge on any atom is 0.0343 e. The average molecular weight is 253 g/mol. The van der Waals surface area contributed by atoms with Gasteiger partial charge in [-0.15, -0.1) is 0 Å². The molecule has 0 radical (unpaired) electrons. The zero-order valence-corrected chi connectivity index (χ0v) is 12.3. The van der Waals surface area contributed by atoms with Crippen molar-refractivity contribution in [2.45, 2.75) is 33.1 Å². The largest absolute Gasteiger partial charge is 0.384 e. The molecular formula is C18H23N. The second kappa shape index (κ2) is 5.48. The van der Waals surface area contributed by atoms with Crippen molar-refractivity contribution in [1.82, 2.24) is 0 Å². The minimum atomic E-state index is 0.125. The van der Waals surface area contributed by atoms with E-state index in [1.54, 1.807) is 0 Å². The lowest BCUT2D eigenvalue weighted by molar-refractivity contribution is 0.557. The molecule has 1 N–H and O–H groups in total. The van der Waals surface area contributed by atoms with Crippen molar-refractivity contribution in [3.63, 3.8) is 0 Å². The summed E-state index contributed by atoms with van der Waals surface area (Å²) < 4.78 is 0. The van der Waals surface area contributed by atoms with Gasteiger partial charge in [0.25, 0.3) is 0 Å². The highest BCUT2D eigenvalue weighted by Crippen LogP contribution is 2.24. The Morgan fingerprint density at radius 2 is 1.58 bits per heavy atom. The Kier molecular flexibility index (Phi) is 3.94. The molecule has 0 saturated carbocycles. The van der Waals surface area contributed by atoms with E-state index in [4.69, 9.17) is 0 Å². The van der Waals surface area contributed by atoms with Crippen LogP contribution in [0, 0.1) is 13.8 Å². The van der Waals surface area contributed by atoms with Gasteiger partial charge in [0.1, 0.15) is 0 Å². The highest BCUT2D eigenvalue weighted by molar-refractivity contribution is 5.48. The Labute approximate surface area is 116 Å². The first-order valence-electron chi connectivity index (χ1n) is 6.86. The first-order valence-corrected chi connectivity index (χ1v) is 6.86. The normalized spacial score (nSPS) is 11.4. The van der Waals surface area contributed by atoms with Crippen molar-refractivity contribution in [3.05, 3.63) is 65.2 Å². The number of hydrogen-bond acceptors (Lipinski definition) is 1. The SMILES string of the molecule is Cc1ccc(NCC(C)(C)c2ccccc2)cc1C. The molecule has 0 aliphatic rings. The Balaban J connectivity index is 2.07. The molecule has 0 heterocycles. The van der Waals surface area contributed by atoms with Crippen molar-refractivity contribution < 1.29 is 0 Å². The summed E-state index contributed by atoms with van der Waals surface area (Å²) in [6.45, 7) is 9.78. The highest BCUT2D eigenvalue weighted by atomic mass is 14.9. The second-order valence-electron chi connectivity index (χ2n) is 5.90. The second-order valence-corrected chi connectivity index (χ2v) is 5.90. The standard InChI is InChI=1S/C18H23N/c1-14-10-11-17(12-15(14)2)19-13-18(3,4)16-8-6-5-7-9-16/h5-12,19H,13H2,1-4H3. The van der Waals surface area contributed by atoms with E-state index in [1.807, 2.05) is 0 Å². The highest BCUT2D eigenvalue weighted by Gasteiger charge is 2.19. The van der Waals surface area contributed by atoms with Crippen LogP contribution in [0.3, 0.4) is 0 Å². The third-order valence-corrected chi connectivity index (χ3v) is 3.80. The molecule has 0 aliphatic heterocycles. The minimum absolute atomic E-state index is 0.125. The summed E-state index contributed by atoms with van der Waals surface area (Å²) >= 11 is 0. The lowest BCUT2D eigenvalue weighted by atomic mass is 9.84. The molecule has 2 aromatic rings. The van der Waals surface area contributed by atoms with Crippen molar-refractivity contribution >= 4 is 5.69 Å². The summed E-state index contributed by atoms with van der Waals surface area (Å²) in [4.78, 5) is 0. The van der Waals surface area contributed by atoms with Gasteiger partial charge in [-0.2, -0.15) is 0 Å². The zero-order chi connectivity index (χ0) is 13.9. The van der Waals surface area contributed by atoms with E-state index in [-0.39, 0.29) is 5.41 Å². The summed E-state index contributed by atoms with van der Waals surface area (Å²) in [5.74, 6) is 0. The zero-order valence-electron chi connectivity index (χ0n) is 12.3. The molecule has 2 rings (SSSR count). The van der Waals surface area contributed by atoms with Gasteiger partial charge in [-0.3, -0.25) is 0 Å². The van der Waals surface area contributed by atoms with Crippen LogP contribution < -0.4 is 5.32 Å². The molecule has 0 saturated heterocycles. The molecule has 0 aliphatic carbocycles. The molecule has 0 aromatic heterocycles. The van der Waals surface area contributed by atoms with E-state index in [0.717, 1.165) is 6.54 Å². The molecule has 0 atom stereocenters. The van der Waals surface area contributed by atoms with E-state index >= 15 is 0 Å². The van der Waals surface area contributed by atoms with Gasteiger partial charge in [0.2, 0.25) is 0 Å². The number of rotatable bonds is 4. The van der Waals surface area contributed by atoms with Gasteiger partial charge < -0.3 is 5.32 Å². The van der Waals surface area contributed by atoms with Crippen LogP contribution in [0.25, 0.3) is 0 Å². The van der Waals surface area contributed by atoms with Crippen molar-refractivity contribution in [2.24, 2.45) is 0 Å². The lowest BCUT2D eigenvalue weighted by Gasteiger charge is -2.26. The molecule has 0 bridgehead atoms. The van der Waals surface area contributed by atoms with Gasteiger partial charge in [-0.1, -0.05) is 50.2 Å². The van der Waals surface area contributed by atoms with Gasteiger partial charge in [-0.05, 0) is 42.7 Å². The van der Waals surface area contributed by atoms with Crippen molar-refractivity contribution in [2.75, 3.05) is 11.9 Å². The fourth-order valence-corrected chi connectivity index (χ4v) is 2.17. The number of hydrogen-bond donors (Lipinski definition) is 1. The third kappa shape index (κ3) is 3.37. The first-order chi connectivity index (χ1) is 8.99. The van der Waals surface area contributed by atoms with Gasteiger partial charge in [0.15, 0.2) is 0 Å². The summed E-state index contributed by atoms with van der Waals surface area (Å²) in [5.41, 5.74) is 5.37. The number of aryl methyl sites for hydroxylation is 2. The Morgan fingerprint density at radius 1 is 0.895 bits per heavy atom. The summed E-state index contributed by atoms with van der Waals surface area (Å²) in [6, 6.07) is 17.2. The molecule has 0 unspecified atom stereocenters. The first kappa shape index (κ1) is 13.7. The monoisotopic (exact) mass is 253 g/mol. The Hall–Kier alpha value is -1.76. The fourth-order valence-electron chi connectivity index (χ4n) is 2.17.